The third-order valence-electron chi connectivity index (χ3n) is 4.90. The van der Waals surface area contributed by atoms with E-state index in [1.807, 2.05) is 13.8 Å². The maximum Gasteiger partial charge on any atom is 0.261 e. The van der Waals surface area contributed by atoms with Crippen molar-refractivity contribution in [2.75, 3.05) is 25.0 Å². The predicted molar refractivity (Wildman–Crippen MR) is 124 cm³/mol. The molecule has 168 valence electrons. The van der Waals surface area contributed by atoms with Crippen LogP contribution in [0.4, 0.5) is 5.69 Å². The number of ether oxygens (including phenoxy) is 2. The Morgan fingerprint density at radius 2 is 1.53 bits per heavy atom. The average molecular weight is 455 g/mol. The second kappa shape index (κ2) is 10.2. The Morgan fingerprint density at radius 1 is 0.875 bits per heavy atom. The first kappa shape index (κ1) is 23.1. The number of hydrogen-bond acceptors (Lipinski definition) is 5. The molecule has 0 bridgehead atoms. The van der Waals surface area contributed by atoms with Gasteiger partial charge in [-0.05, 0) is 85.6 Å². The van der Waals surface area contributed by atoms with Gasteiger partial charge < -0.3 is 14.8 Å². The van der Waals surface area contributed by atoms with Crippen LogP contribution < -0.4 is 19.5 Å². The highest BCUT2D eigenvalue weighted by Gasteiger charge is 2.15. The number of nitrogens with one attached hydrogen (secondary N) is 2. The smallest absolute Gasteiger partial charge is 0.261 e. The molecular formula is C24H26N2O5S. The molecule has 0 aliphatic rings. The summed E-state index contributed by atoms with van der Waals surface area (Å²) in [5, 5.41) is 2.77. The van der Waals surface area contributed by atoms with Crippen LogP contribution in [0.1, 0.15) is 21.5 Å². The lowest BCUT2D eigenvalue weighted by Gasteiger charge is -2.11. The molecule has 0 fully saturated rings. The number of anilines is 1. The molecule has 1 amide bonds. The average Bonchev–Trinajstić information content (AvgIpc) is 2.79. The van der Waals surface area contributed by atoms with Crippen molar-refractivity contribution in [3.63, 3.8) is 0 Å². The summed E-state index contributed by atoms with van der Waals surface area (Å²) in [6, 6.07) is 18.4. The fraction of sp³-hybridized carbons (Fsp3) is 0.208. The maximum absolute atomic E-state index is 12.6. The van der Waals surface area contributed by atoms with Crippen LogP contribution in [-0.2, 0) is 10.0 Å². The van der Waals surface area contributed by atoms with E-state index in [9.17, 15) is 13.2 Å². The van der Waals surface area contributed by atoms with Crippen molar-refractivity contribution in [3.8, 4) is 11.5 Å². The molecule has 0 saturated carbocycles. The second-order valence-electron chi connectivity index (χ2n) is 7.21. The van der Waals surface area contributed by atoms with E-state index >= 15 is 0 Å². The zero-order valence-corrected chi connectivity index (χ0v) is 19.0. The summed E-state index contributed by atoms with van der Waals surface area (Å²) >= 11 is 0. The Bertz CT molecular complexity index is 1170. The molecule has 0 aliphatic carbocycles. The van der Waals surface area contributed by atoms with Gasteiger partial charge in [0.2, 0.25) is 0 Å². The molecule has 2 N–H and O–H groups in total. The van der Waals surface area contributed by atoms with Crippen molar-refractivity contribution in [1.29, 1.82) is 0 Å². The summed E-state index contributed by atoms with van der Waals surface area (Å²) < 4.78 is 38.4. The molecule has 3 rings (SSSR count). The number of hydrogen-bond donors (Lipinski definition) is 2. The van der Waals surface area contributed by atoms with Crippen molar-refractivity contribution in [3.05, 3.63) is 83.4 Å². The SMILES string of the molecule is COc1ccc(OCCNC(=O)c2ccc(NS(=O)(=O)c3ccc(C)c(C)c3)cc2)cc1. The molecule has 7 nitrogen and oxygen atoms in total. The summed E-state index contributed by atoms with van der Waals surface area (Å²) in [4.78, 5) is 12.5. The van der Waals surface area contributed by atoms with Crippen molar-refractivity contribution in [1.82, 2.24) is 5.32 Å². The van der Waals surface area contributed by atoms with Crippen LogP contribution >= 0.6 is 0 Å². The normalized spacial score (nSPS) is 11.0. The Labute approximate surface area is 188 Å². The van der Waals surface area contributed by atoms with E-state index in [4.69, 9.17) is 9.47 Å². The van der Waals surface area contributed by atoms with Gasteiger partial charge in [0.25, 0.3) is 15.9 Å². The molecule has 0 radical (unpaired) electrons. The van der Waals surface area contributed by atoms with Gasteiger partial charge in [0.15, 0.2) is 0 Å². The number of methoxy groups -OCH3 is 1. The zero-order valence-electron chi connectivity index (χ0n) is 18.2. The third-order valence-corrected chi connectivity index (χ3v) is 6.28. The van der Waals surface area contributed by atoms with Crippen LogP contribution in [0.2, 0.25) is 0 Å². The largest absolute Gasteiger partial charge is 0.497 e. The fourth-order valence-electron chi connectivity index (χ4n) is 2.89. The van der Waals surface area contributed by atoms with E-state index < -0.39 is 10.0 Å². The number of sulfonamides is 1. The number of aryl methyl sites for hydroxylation is 2. The molecule has 0 aromatic heterocycles. The van der Waals surface area contributed by atoms with Gasteiger partial charge in [-0.2, -0.15) is 0 Å². The quantitative estimate of drug-likeness (QED) is 0.478. The van der Waals surface area contributed by atoms with E-state index in [-0.39, 0.29) is 10.8 Å². The first-order valence-corrected chi connectivity index (χ1v) is 11.5. The number of carbonyl (C=O) groups excluding carboxylic acids is 1. The summed E-state index contributed by atoms with van der Waals surface area (Å²) in [7, 11) is -2.11. The van der Waals surface area contributed by atoms with Crippen LogP contribution in [0.5, 0.6) is 11.5 Å². The zero-order chi connectivity index (χ0) is 23.1. The fourth-order valence-corrected chi connectivity index (χ4v) is 4.04. The first-order valence-electron chi connectivity index (χ1n) is 10.0. The van der Waals surface area contributed by atoms with E-state index in [0.717, 1.165) is 16.9 Å². The molecular weight excluding hydrogens is 428 g/mol. The summed E-state index contributed by atoms with van der Waals surface area (Å²) in [5.41, 5.74) is 2.72. The number of benzene rings is 3. The molecule has 0 atom stereocenters. The second-order valence-corrected chi connectivity index (χ2v) is 8.89. The minimum absolute atomic E-state index is 0.194. The topological polar surface area (TPSA) is 93.7 Å². The predicted octanol–water partition coefficient (Wildman–Crippen LogP) is 3.92. The Morgan fingerprint density at radius 3 is 2.16 bits per heavy atom. The van der Waals surface area contributed by atoms with Crippen molar-refractivity contribution < 1.29 is 22.7 Å². The highest BCUT2D eigenvalue weighted by Crippen LogP contribution is 2.19. The monoisotopic (exact) mass is 454 g/mol. The molecule has 0 saturated heterocycles. The molecule has 3 aromatic rings. The molecule has 0 unspecified atom stereocenters. The maximum atomic E-state index is 12.6. The van der Waals surface area contributed by atoms with E-state index in [1.165, 1.54) is 0 Å². The number of amides is 1. The molecule has 32 heavy (non-hydrogen) atoms. The minimum atomic E-state index is -3.71. The Kier molecular flexibility index (Phi) is 7.37. The van der Waals surface area contributed by atoms with Gasteiger partial charge in [0.05, 0.1) is 18.6 Å². The summed E-state index contributed by atoms with van der Waals surface area (Å²) in [6.45, 7) is 4.43. The summed E-state index contributed by atoms with van der Waals surface area (Å²) in [6.07, 6.45) is 0. The standard InChI is InChI=1S/C24H26N2O5S/c1-17-4-13-23(16-18(17)2)32(28,29)26-20-7-5-19(6-8-20)24(27)25-14-15-31-22-11-9-21(30-3)10-12-22/h4-13,16,26H,14-15H2,1-3H3,(H,25,27). The van der Waals surface area contributed by atoms with Crippen LogP contribution in [0.15, 0.2) is 71.6 Å². The van der Waals surface area contributed by atoms with Crippen LogP contribution in [0.25, 0.3) is 0 Å². The number of carbonyl (C=O) groups is 1. The van der Waals surface area contributed by atoms with Gasteiger partial charge in [-0.3, -0.25) is 9.52 Å². The van der Waals surface area contributed by atoms with Gasteiger partial charge in [-0.1, -0.05) is 6.07 Å². The van der Waals surface area contributed by atoms with Crippen LogP contribution in [0, 0.1) is 13.8 Å². The van der Waals surface area contributed by atoms with Crippen molar-refractivity contribution in [2.45, 2.75) is 18.7 Å². The molecule has 3 aromatic carbocycles. The van der Waals surface area contributed by atoms with E-state index in [2.05, 4.69) is 10.0 Å². The van der Waals surface area contributed by atoms with Gasteiger partial charge >= 0.3 is 0 Å². The van der Waals surface area contributed by atoms with Gasteiger partial charge in [0, 0.05) is 11.3 Å². The third kappa shape index (κ3) is 6.01. The molecule has 0 heterocycles. The van der Waals surface area contributed by atoms with Crippen molar-refractivity contribution in [2.24, 2.45) is 0 Å². The first-order chi connectivity index (χ1) is 15.3. The number of rotatable bonds is 9. The van der Waals surface area contributed by atoms with Crippen molar-refractivity contribution >= 4 is 21.6 Å². The minimum Gasteiger partial charge on any atom is -0.497 e. The van der Waals surface area contributed by atoms with E-state index in [1.54, 1.807) is 73.8 Å². The molecule has 0 aliphatic heterocycles. The van der Waals surface area contributed by atoms with Crippen LogP contribution in [-0.4, -0.2) is 34.6 Å². The lowest BCUT2D eigenvalue weighted by molar-refractivity contribution is 0.0947. The van der Waals surface area contributed by atoms with Crippen LogP contribution in [0.3, 0.4) is 0 Å². The molecule has 0 spiro atoms. The van der Waals surface area contributed by atoms with Gasteiger partial charge in [0.1, 0.15) is 18.1 Å². The van der Waals surface area contributed by atoms with Gasteiger partial charge in [-0.25, -0.2) is 8.42 Å². The van der Waals surface area contributed by atoms with Gasteiger partial charge in [-0.15, -0.1) is 0 Å². The summed E-state index contributed by atoms with van der Waals surface area (Å²) in [5.74, 6) is 1.15. The lowest BCUT2D eigenvalue weighted by Crippen LogP contribution is -2.28. The molecule has 8 heteroatoms. The lowest BCUT2D eigenvalue weighted by atomic mass is 10.1. The highest BCUT2D eigenvalue weighted by molar-refractivity contribution is 7.92. The van der Waals surface area contributed by atoms with E-state index in [0.29, 0.717) is 30.2 Å². The highest BCUT2D eigenvalue weighted by atomic mass is 32.2. The Hall–Kier alpha value is -3.52. The Balaban J connectivity index is 1.51.